The molecule has 76 valence electrons. The Morgan fingerprint density at radius 2 is 2.54 bits per heavy atom. The topological polar surface area (TPSA) is 38.3 Å². The van der Waals surface area contributed by atoms with Gasteiger partial charge in [0, 0.05) is 11.8 Å². The highest BCUT2D eigenvalue weighted by atomic mass is 32.2. The molecule has 1 aliphatic heterocycles. The molecule has 1 heterocycles. The number of carbonyl (C=O) groups excluding carboxylic acids is 1. The highest BCUT2D eigenvalue weighted by molar-refractivity contribution is 7.99. The normalized spacial score (nSPS) is 21.8. The fourth-order valence-electron chi connectivity index (χ4n) is 1.39. The Kier molecular flexibility index (Phi) is 5.23. The molecule has 13 heavy (non-hydrogen) atoms. The molecule has 0 bridgehead atoms. The van der Waals surface area contributed by atoms with Gasteiger partial charge in [0.2, 0.25) is 0 Å². The second-order valence-electron chi connectivity index (χ2n) is 3.11. The van der Waals surface area contributed by atoms with Crippen molar-refractivity contribution in [2.45, 2.75) is 25.8 Å². The van der Waals surface area contributed by atoms with Gasteiger partial charge in [0.05, 0.1) is 12.4 Å². The highest BCUT2D eigenvalue weighted by Gasteiger charge is 2.14. The molecular formula is C9H17NO2S. The molecule has 0 aromatic rings. The van der Waals surface area contributed by atoms with Gasteiger partial charge in [-0.25, -0.2) is 0 Å². The van der Waals surface area contributed by atoms with Crippen LogP contribution in [0.1, 0.15) is 19.8 Å². The van der Waals surface area contributed by atoms with E-state index in [0.717, 1.165) is 12.3 Å². The summed E-state index contributed by atoms with van der Waals surface area (Å²) in [7, 11) is 0. The van der Waals surface area contributed by atoms with Crippen molar-refractivity contribution in [3.8, 4) is 0 Å². The third kappa shape index (κ3) is 4.52. The number of ether oxygens (including phenoxy) is 1. The number of carbonyl (C=O) groups is 1. The molecule has 0 aromatic carbocycles. The van der Waals surface area contributed by atoms with Gasteiger partial charge in [-0.05, 0) is 26.3 Å². The van der Waals surface area contributed by atoms with Crippen molar-refractivity contribution in [2.24, 2.45) is 0 Å². The van der Waals surface area contributed by atoms with Gasteiger partial charge in [0.25, 0.3) is 0 Å². The molecule has 0 radical (unpaired) electrons. The molecule has 1 N–H and O–H groups in total. The van der Waals surface area contributed by atoms with Crippen molar-refractivity contribution >= 4 is 17.7 Å². The van der Waals surface area contributed by atoms with Crippen LogP contribution in [0.5, 0.6) is 0 Å². The zero-order valence-electron chi connectivity index (χ0n) is 8.04. The second kappa shape index (κ2) is 6.27. The van der Waals surface area contributed by atoms with Crippen molar-refractivity contribution in [2.75, 3.05) is 24.7 Å². The summed E-state index contributed by atoms with van der Waals surface area (Å²) in [5.41, 5.74) is 0. The maximum Gasteiger partial charge on any atom is 0.315 e. The lowest BCUT2D eigenvalue weighted by Gasteiger charge is -2.08. The first-order valence-electron chi connectivity index (χ1n) is 4.79. The molecular weight excluding hydrogens is 186 g/mol. The molecule has 0 unspecified atom stereocenters. The highest BCUT2D eigenvalue weighted by Crippen LogP contribution is 2.11. The summed E-state index contributed by atoms with van der Waals surface area (Å²) < 4.78 is 4.83. The Morgan fingerprint density at radius 3 is 3.15 bits per heavy atom. The zero-order valence-corrected chi connectivity index (χ0v) is 8.86. The van der Waals surface area contributed by atoms with E-state index in [9.17, 15) is 4.79 Å². The third-order valence-electron chi connectivity index (χ3n) is 2.01. The van der Waals surface area contributed by atoms with Gasteiger partial charge in [0.1, 0.15) is 0 Å². The van der Waals surface area contributed by atoms with E-state index < -0.39 is 0 Å². The lowest BCUT2D eigenvalue weighted by Crippen LogP contribution is -2.24. The average molecular weight is 203 g/mol. The van der Waals surface area contributed by atoms with Crippen LogP contribution in [0, 0.1) is 0 Å². The van der Waals surface area contributed by atoms with Gasteiger partial charge >= 0.3 is 5.97 Å². The summed E-state index contributed by atoms with van der Waals surface area (Å²) in [4.78, 5) is 11.0. The van der Waals surface area contributed by atoms with Crippen molar-refractivity contribution in [1.82, 2.24) is 5.32 Å². The molecule has 0 saturated carbocycles. The van der Waals surface area contributed by atoms with E-state index in [-0.39, 0.29) is 5.97 Å². The molecule has 1 saturated heterocycles. The Hall–Kier alpha value is -0.220. The maximum atomic E-state index is 11.0. The first kappa shape index (κ1) is 10.9. The van der Waals surface area contributed by atoms with Gasteiger partial charge in [-0.15, -0.1) is 11.8 Å². The van der Waals surface area contributed by atoms with E-state index in [0.29, 0.717) is 18.4 Å². The van der Waals surface area contributed by atoms with Crippen molar-refractivity contribution < 1.29 is 9.53 Å². The van der Waals surface area contributed by atoms with Crippen LogP contribution in [-0.2, 0) is 9.53 Å². The zero-order chi connectivity index (χ0) is 9.52. The summed E-state index contributed by atoms with van der Waals surface area (Å²) in [5.74, 6) is 1.43. The van der Waals surface area contributed by atoms with Gasteiger partial charge in [0.15, 0.2) is 0 Å². The first-order valence-corrected chi connectivity index (χ1v) is 5.95. The number of nitrogens with one attached hydrogen (secondary N) is 1. The van der Waals surface area contributed by atoms with Crippen LogP contribution >= 0.6 is 11.8 Å². The number of rotatable bonds is 5. The van der Waals surface area contributed by atoms with Gasteiger partial charge in [-0.2, -0.15) is 0 Å². The third-order valence-corrected chi connectivity index (χ3v) is 3.08. The van der Waals surface area contributed by atoms with E-state index in [1.807, 2.05) is 6.92 Å². The minimum atomic E-state index is -0.0921. The van der Waals surface area contributed by atoms with E-state index >= 15 is 0 Å². The Balaban J connectivity index is 1.96. The van der Waals surface area contributed by atoms with Crippen LogP contribution in [0.2, 0.25) is 0 Å². The Labute approximate surface area is 83.6 Å². The number of thioether (sulfide) groups is 1. The standard InChI is InChI=1S/C9H17NO2S/c1-2-12-9(11)7-13-6-8-4-3-5-10-8/h8,10H,2-7H2,1H3/t8-/m0/s1. The molecule has 1 fully saturated rings. The summed E-state index contributed by atoms with van der Waals surface area (Å²) in [6.45, 7) is 3.45. The van der Waals surface area contributed by atoms with Crippen LogP contribution < -0.4 is 5.32 Å². The summed E-state index contributed by atoms with van der Waals surface area (Å²) in [6.07, 6.45) is 2.51. The van der Waals surface area contributed by atoms with Gasteiger partial charge in [-0.3, -0.25) is 4.79 Å². The second-order valence-corrected chi connectivity index (χ2v) is 4.14. The quantitative estimate of drug-likeness (QED) is 0.677. The fourth-order valence-corrected chi connectivity index (χ4v) is 2.32. The minimum Gasteiger partial charge on any atom is -0.465 e. The SMILES string of the molecule is CCOC(=O)CSC[C@@H]1CCCN1. The predicted molar refractivity (Wildman–Crippen MR) is 55.0 cm³/mol. The van der Waals surface area contributed by atoms with E-state index in [2.05, 4.69) is 5.32 Å². The van der Waals surface area contributed by atoms with E-state index in [1.54, 1.807) is 11.8 Å². The monoisotopic (exact) mass is 203 g/mol. The molecule has 1 rings (SSSR count). The summed E-state index contributed by atoms with van der Waals surface area (Å²) in [6, 6.07) is 0.611. The molecule has 0 aliphatic carbocycles. The lowest BCUT2D eigenvalue weighted by molar-refractivity contribution is -0.139. The first-order chi connectivity index (χ1) is 6.33. The predicted octanol–water partition coefficient (Wildman–Crippen LogP) is 1.03. The number of hydrogen-bond donors (Lipinski definition) is 1. The fraction of sp³-hybridized carbons (Fsp3) is 0.889. The van der Waals surface area contributed by atoms with Crippen LogP contribution in [0.4, 0.5) is 0 Å². The van der Waals surface area contributed by atoms with Crippen LogP contribution in [-0.4, -0.2) is 36.7 Å². The van der Waals surface area contributed by atoms with E-state index in [4.69, 9.17) is 4.74 Å². The largest absolute Gasteiger partial charge is 0.465 e. The summed E-state index contributed by atoms with van der Waals surface area (Å²) >= 11 is 1.66. The lowest BCUT2D eigenvalue weighted by atomic mass is 10.3. The molecule has 0 aromatic heterocycles. The molecule has 0 amide bonds. The Bertz CT molecular complexity index is 158. The summed E-state index contributed by atoms with van der Waals surface area (Å²) in [5, 5.41) is 3.39. The molecule has 3 nitrogen and oxygen atoms in total. The molecule has 0 spiro atoms. The van der Waals surface area contributed by atoms with Gasteiger partial charge in [-0.1, -0.05) is 0 Å². The average Bonchev–Trinajstić information content (AvgIpc) is 2.57. The molecule has 1 atom stereocenters. The molecule has 4 heteroatoms. The minimum absolute atomic E-state index is 0.0921. The van der Waals surface area contributed by atoms with Crippen molar-refractivity contribution in [1.29, 1.82) is 0 Å². The number of hydrogen-bond acceptors (Lipinski definition) is 4. The van der Waals surface area contributed by atoms with Gasteiger partial charge < -0.3 is 10.1 Å². The molecule has 1 aliphatic rings. The Morgan fingerprint density at radius 1 is 1.69 bits per heavy atom. The van der Waals surface area contributed by atoms with Crippen molar-refractivity contribution in [3.05, 3.63) is 0 Å². The van der Waals surface area contributed by atoms with Crippen LogP contribution in [0.25, 0.3) is 0 Å². The van der Waals surface area contributed by atoms with Crippen molar-refractivity contribution in [3.63, 3.8) is 0 Å². The van der Waals surface area contributed by atoms with Crippen LogP contribution in [0.15, 0.2) is 0 Å². The van der Waals surface area contributed by atoms with Crippen LogP contribution in [0.3, 0.4) is 0 Å². The maximum absolute atomic E-state index is 11.0. The number of esters is 1. The van der Waals surface area contributed by atoms with E-state index in [1.165, 1.54) is 12.8 Å². The smallest absolute Gasteiger partial charge is 0.315 e.